The zero-order valence-corrected chi connectivity index (χ0v) is 18.3. The Balaban J connectivity index is 1.31. The maximum Gasteiger partial charge on any atom is 0.329 e. The number of amides is 3. The van der Waals surface area contributed by atoms with Crippen LogP contribution in [0.1, 0.15) is 24.0 Å². The normalized spacial score (nSPS) is 15.2. The van der Waals surface area contributed by atoms with Gasteiger partial charge in [0.05, 0.1) is 12.3 Å². The molecule has 3 N–H and O–H groups in total. The van der Waals surface area contributed by atoms with Crippen LogP contribution in [0.15, 0.2) is 59.7 Å². The van der Waals surface area contributed by atoms with Crippen molar-refractivity contribution < 1.29 is 23.9 Å². The number of rotatable bonds is 10. The molecule has 33 heavy (non-hydrogen) atoms. The SMILES string of the molecule is O=C(COc1ccc(/C=N\NC(=O)C(=O)NC[C@H]2CCCO2)cc1)NCCc1ccccc1. The molecule has 1 saturated heterocycles. The summed E-state index contributed by atoms with van der Waals surface area (Å²) in [6, 6.07) is 16.7. The number of hydrogen-bond acceptors (Lipinski definition) is 6. The lowest BCUT2D eigenvalue weighted by molar-refractivity contribution is -0.139. The third-order valence-electron chi connectivity index (χ3n) is 4.93. The summed E-state index contributed by atoms with van der Waals surface area (Å²) in [4.78, 5) is 35.4. The molecule has 2 aromatic rings. The molecule has 9 heteroatoms. The van der Waals surface area contributed by atoms with Crippen LogP contribution < -0.4 is 20.8 Å². The van der Waals surface area contributed by atoms with Gasteiger partial charge in [0.15, 0.2) is 6.61 Å². The highest BCUT2D eigenvalue weighted by Gasteiger charge is 2.18. The van der Waals surface area contributed by atoms with Crippen LogP contribution in [-0.2, 0) is 25.5 Å². The molecule has 174 valence electrons. The molecule has 0 aromatic heterocycles. The number of ether oxygens (including phenoxy) is 2. The number of nitrogens with zero attached hydrogens (tertiary/aromatic N) is 1. The van der Waals surface area contributed by atoms with Gasteiger partial charge >= 0.3 is 11.8 Å². The van der Waals surface area contributed by atoms with E-state index in [0.717, 1.165) is 24.8 Å². The van der Waals surface area contributed by atoms with Crippen LogP contribution in [0.2, 0.25) is 0 Å². The van der Waals surface area contributed by atoms with E-state index in [2.05, 4.69) is 21.2 Å². The van der Waals surface area contributed by atoms with Gasteiger partial charge in [-0.3, -0.25) is 14.4 Å². The Hall–Kier alpha value is -3.72. The molecule has 2 aromatic carbocycles. The highest BCUT2D eigenvalue weighted by Crippen LogP contribution is 2.11. The fourth-order valence-corrected chi connectivity index (χ4v) is 3.15. The zero-order valence-electron chi connectivity index (χ0n) is 18.3. The van der Waals surface area contributed by atoms with Gasteiger partial charge in [-0.2, -0.15) is 5.10 Å². The van der Waals surface area contributed by atoms with Crippen LogP contribution in [0.3, 0.4) is 0 Å². The Morgan fingerprint density at radius 2 is 1.82 bits per heavy atom. The topological polar surface area (TPSA) is 118 Å². The summed E-state index contributed by atoms with van der Waals surface area (Å²) in [6.45, 7) is 1.45. The van der Waals surface area contributed by atoms with E-state index < -0.39 is 11.8 Å². The first kappa shape index (κ1) is 23.9. The van der Waals surface area contributed by atoms with E-state index in [9.17, 15) is 14.4 Å². The molecule has 0 aliphatic carbocycles. The number of nitrogens with one attached hydrogen (secondary N) is 3. The van der Waals surface area contributed by atoms with Crippen molar-refractivity contribution in [2.75, 3.05) is 26.3 Å². The second kappa shape index (κ2) is 13.0. The van der Waals surface area contributed by atoms with Gasteiger partial charge in [0.2, 0.25) is 0 Å². The maximum absolute atomic E-state index is 11.9. The molecule has 3 amide bonds. The second-order valence-electron chi connectivity index (χ2n) is 7.49. The second-order valence-corrected chi connectivity index (χ2v) is 7.49. The van der Waals surface area contributed by atoms with Gasteiger partial charge < -0.3 is 20.1 Å². The summed E-state index contributed by atoms with van der Waals surface area (Å²) in [5.41, 5.74) is 4.03. The molecule has 0 radical (unpaired) electrons. The van der Waals surface area contributed by atoms with E-state index >= 15 is 0 Å². The molecule has 0 saturated carbocycles. The van der Waals surface area contributed by atoms with Crippen molar-refractivity contribution in [2.24, 2.45) is 5.10 Å². The van der Waals surface area contributed by atoms with Crippen molar-refractivity contribution >= 4 is 23.9 Å². The lowest BCUT2D eigenvalue weighted by Crippen LogP contribution is -2.41. The van der Waals surface area contributed by atoms with E-state index in [1.807, 2.05) is 30.3 Å². The van der Waals surface area contributed by atoms with Gasteiger partial charge in [-0.25, -0.2) is 5.43 Å². The standard InChI is InChI=1S/C24H28N4O5/c29-22(25-13-12-18-5-2-1-3-6-18)17-33-20-10-8-19(9-11-20)15-27-28-24(31)23(30)26-16-21-7-4-14-32-21/h1-3,5-6,8-11,15,21H,4,7,12-14,16-17H2,(H,25,29)(H,26,30)(H,28,31)/b27-15-/t21-/m1/s1. The van der Waals surface area contributed by atoms with Gasteiger partial charge in [0, 0.05) is 19.7 Å². The van der Waals surface area contributed by atoms with Crippen molar-refractivity contribution in [3.05, 3.63) is 65.7 Å². The van der Waals surface area contributed by atoms with Gasteiger partial charge in [-0.1, -0.05) is 30.3 Å². The average Bonchev–Trinajstić information content (AvgIpc) is 3.36. The van der Waals surface area contributed by atoms with E-state index in [-0.39, 0.29) is 18.6 Å². The van der Waals surface area contributed by atoms with Crippen LogP contribution >= 0.6 is 0 Å². The summed E-state index contributed by atoms with van der Waals surface area (Å²) in [5, 5.41) is 9.13. The average molecular weight is 453 g/mol. The van der Waals surface area contributed by atoms with Crippen LogP contribution in [0.4, 0.5) is 0 Å². The van der Waals surface area contributed by atoms with Crippen LogP contribution in [0, 0.1) is 0 Å². The summed E-state index contributed by atoms with van der Waals surface area (Å²) < 4.78 is 10.9. The van der Waals surface area contributed by atoms with Crippen molar-refractivity contribution in [3.63, 3.8) is 0 Å². The Morgan fingerprint density at radius 3 is 2.55 bits per heavy atom. The summed E-state index contributed by atoms with van der Waals surface area (Å²) in [5.74, 6) is -1.27. The smallest absolute Gasteiger partial charge is 0.329 e. The summed E-state index contributed by atoms with van der Waals surface area (Å²) in [7, 11) is 0. The molecule has 1 aliphatic heterocycles. The highest BCUT2D eigenvalue weighted by molar-refractivity contribution is 6.35. The first-order valence-corrected chi connectivity index (χ1v) is 10.9. The van der Waals surface area contributed by atoms with Gasteiger partial charge in [0.25, 0.3) is 5.91 Å². The largest absolute Gasteiger partial charge is 0.484 e. The van der Waals surface area contributed by atoms with Gasteiger partial charge in [-0.05, 0) is 54.7 Å². The third kappa shape index (κ3) is 8.74. The number of hydrazone groups is 1. The molecule has 1 fully saturated rings. The van der Waals surface area contributed by atoms with Crippen LogP contribution in [0.5, 0.6) is 5.75 Å². The van der Waals surface area contributed by atoms with Crippen molar-refractivity contribution in [3.8, 4) is 5.75 Å². The first-order chi connectivity index (χ1) is 16.1. The minimum Gasteiger partial charge on any atom is -0.484 e. The molecule has 0 bridgehead atoms. The number of carbonyl (C=O) groups is 3. The lowest BCUT2D eigenvalue weighted by Gasteiger charge is -2.09. The molecule has 0 spiro atoms. The van der Waals surface area contributed by atoms with Crippen LogP contribution in [-0.4, -0.2) is 56.3 Å². The molecular formula is C24H28N4O5. The third-order valence-corrected chi connectivity index (χ3v) is 4.93. The van der Waals surface area contributed by atoms with E-state index in [1.165, 1.54) is 6.21 Å². The molecular weight excluding hydrogens is 424 g/mol. The van der Waals surface area contributed by atoms with Crippen molar-refractivity contribution in [2.45, 2.75) is 25.4 Å². The maximum atomic E-state index is 11.9. The number of carbonyl (C=O) groups excluding carboxylic acids is 3. The van der Waals surface area contributed by atoms with Crippen LogP contribution in [0.25, 0.3) is 0 Å². The zero-order chi connectivity index (χ0) is 23.3. The fourth-order valence-electron chi connectivity index (χ4n) is 3.15. The Labute approximate surface area is 192 Å². The van der Waals surface area contributed by atoms with Gasteiger partial charge in [-0.15, -0.1) is 0 Å². The molecule has 1 atom stereocenters. The predicted molar refractivity (Wildman–Crippen MR) is 123 cm³/mol. The molecule has 3 rings (SSSR count). The lowest BCUT2D eigenvalue weighted by atomic mass is 10.1. The molecule has 1 heterocycles. The van der Waals surface area contributed by atoms with E-state index in [4.69, 9.17) is 9.47 Å². The predicted octanol–water partition coefficient (Wildman–Crippen LogP) is 1.17. The minimum atomic E-state index is -0.845. The Morgan fingerprint density at radius 1 is 1.03 bits per heavy atom. The summed E-state index contributed by atoms with van der Waals surface area (Å²) >= 11 is 0. The molecule has 0 unspecified atom stereocenters. The Bertz CT molecular complexity index is 941. The highest BCUT2D eigenvalue weighted by atomic mass is 16.5. The van der Waals surface area contributed by atoms with E-state index in [0.29, 0.717) is 31.0 Å². The van der Waals surface area contributed by atoms with E-state index in [1.54, 1.807) is 24.3 Å². The molecule has 9 nitrogen and oxygen atoms in total. The van der Waals surface area contributed by atoms with Crippen molar-refractivity contribution in [1.29, 1.82) is 0 Å². The quantitative estimate of drug-likeness (QED) is 0.284. The first-order valence-electron chi connectivity index (χ1n) is 10.9. The number of hydrogen-bond donors (Lipinski definition) is 3. The summed E-state index contributed by atoms with van der Waals surface area (Å²) in [6.07, 6.45) is 3.96. The van der Waals surface area contributed by atoms with Gasteiger partial charge in [0.1, 0.15) is 5.75 Å². The Kier molecular flexibility index (Phi) is 9.41. The fraction of sp³-hybridized carbons (Fsp3) is 0.333. The monoisotopic (exact) mass is 452 g/mol. The van der Waals surface area contributed by atoms with Crippen molar-refractivity contribution in [1.82, 2.24) is 16.1 Å². The number of benzene rings is 2. The minimum absolute atomic E-state index is 0.0358. The molecule has 1 aliphatic rings.